The highest BCUT2D eigenvalue weighted by Crippen LogP contribution is 2.33. The average Bonchev–Trinajstić information content (AvgIpc) is 3.41. The number of hydrogen-bond acceptors (Lipinski definition) is 5. The van der Waals surface area contributed by atoms with E-state index < -0.39 is 17.7 Å². The molecule has 190 valence electrons. The van der Waals surface area contributed by atoms with Crippen LogP contribution in [-0.4, -0.2) is 27.7 Å². The van der Waals surface area contributed by atoms with Crippen LogP contribution in [-0.2, 0) is 19.3 Å². The molecule has 0 fully saturated rings. The zero-order valence-electron chi connectivity index (χ0n) is 20.1. The Morgan fingerprint density at radius 2 is 1.83 bits per heavy atom. The van der Waals surface area contributed by atoms with Gasteiger partial charge in [0.15, 0.2) is 0 Å². The number of hydrogen-bond donors (Lipinski definition) is 3. The maximum absolute atomic E-state index is 12.5. The van der Waals surface area contributed by atoms with Crippen LogP contribution >= 0.6 is 11.3 Å². The average molecular weight is 517 g/mol. The Hall–Kier alpha value is -3.63. The molecule has 4 aromatic rings. The van der Waals surface area contributed by atoms with Crippen LogP contribution in [0, 0.1) is 13.8 Å². The smallest absolute Gasteiger partial charge is 0.416 e. The van der Waals surface area contributed by atoms with E-state index in [1.807, 2.05) is 54.1 Å². The molecule has 0 aliphatic carbocycles. The normalized spacial score (nSPS) is 11.2. The number of anilines is 1. The molecule has 0 spiro atoms. The first-order chi connectivity index (χ1) is 17.0. The van der Waals surface area contributed by atoms with Gasteiger partial charge in [0.2, 0.25) is 0 Å². The fourth-order valence-electron chi connectivity index (χ4n) is 3.72. The SMILES string of the molecule is CNCc1ccc(N)cc1C(F)(F)F.Cc1cc(C(=O)O)c(C)n1Cc1csc(-c2ccccc2)n1. The van der Waals surface area contributed by atoms with E-state index in [2.05, 4.69) is 10.3 Å². The van der Waals surface area contributed by atoms with Gasteiger partial charge in [-0.3, -0.25) is 0 Å². The first-order valence-electron chi connectivity index (χ1n) is 11.0. The Bertz CT molecular complexity index is 1330. The van der Waals surface area contributed by atoms with Gasteiger partial charge in [-0.1, -0.05) is 36.4 Å². The molecular formula is C26H27F3N4O2S. The van der Waals surface area contributed by atoms with Gasteiger partial charge >= 0.3 is 12.1 Å². The van der Waals surface area contributed by atoms with E-state index in [1.54, 1.807) is 24.5 Å². The zero-order chi connectivity index (χ0) is 26.5. The summed E-state index contributed by atoms with van der Waals surface area (Å²) in [6.07, 6.45) is -4.35. The highest BCUT2D eigenvalue weighted by atomic mass is 32.1. The van der Waals surface area contributed by atoms with Gasteiger partial charge in [-0.25, -0.2) is 9.78 Å². The number of aryl methyl sites for hydroxylation is 1. The number of nitrogen functional groups attached to an aromatic ring is 1. The number of benzene rings is 2. The summed E-state index contributed by atoms with van der Waals surface area (Å²) in [5.74, 6) is -0.886. The van der Waals surface area contributed by atoms with Gasteiger partial charge in [-0.15, -0.1) is 11.3 Å². The number of nitrogens with one attached hydrogen (secondary N) is 1. The Morgan fingerprint density at radius 3 is 2.42 bits per heavy atom. The molecule has 0 amide bonds. The van der Waals surface area contributed by atoms with Crippen molar-refractivity contribution in [1.82, 2.24) is 14.9 Å². The molecule has 0 aliphatic rings. The molecule has 2 heterocycles. The third-order valence-electron chi connectivity index (χ3n) is 5.50. The lowest BCUT2D eigenvalue weighted by Gasteiger charge is -2.12. The minimum absolute atomic E-state index is 0.122. The number of rotatable bonds is 6. The van der Waals surface area contributed by atoms with Crippen molar-refractivity contribution >= 4 is 23.0 Å². The molecule has 4 rings (SSSR count). The van der Waals surface area contributed by atoms with E-state index in [1.165, 1.54) is 12.1 Å². The number of thiazole rings is 1. The maximum Gasteiger partial charge on any atom is 0.416 e. The van der Waals surface area contributed by atoms with Crippen LogP contribution in [0.15, 0.2) is 60.0 Å². The molecular weight excluding hydrogens is 489 g/mol. The van der Waals surface area contributed by atoms with Gasteiger partial charge in [0.1, 0.15) is 5.01 Å². The molecule has 2 aromatic heterocycles. The largest absolute Gasteiger partial charge is 0.478 e. The summed E-state index contributed by atoms with van der Waals surface area (Å²) in [7, 11) is 1.59. The van der Waals surface area contributed by atoms with Crippen LogP contribution in [0.2, 0.25) is 0 Å². The van der Waals surface area contributed by atoms with Crippen LogP contribution in [0.1, 0.15) is 38.6 Å². The summed E-state index contributed by atoms with van der Waals surface area (Å²) in [4.78, 5) is 15.9. The van der Waals surface area contributed by atoms with E-state index in [-0.39, 0.29) is 17.8 Å². The highest BCUT2D eigenvalue weighted by molar-refractivity contribution is 7.13. The minimum atomic E-state index is -4.35. The lowest BCUT2D eigenvalue weighted by atomic mass is 10.1. The summed E-state index contributed by atoms with van der Waals surface area (Å²) < 4.78 is 39.4. The lowest BCUT2D eigenvalue weighted by Crippen LogP contribution is -2.14. The minimum Gasteiger partial charge on any atom is -0.478 e. The Labute approximate surface area is 211 Å². The highest BCUT2D eigenvalue weighted by Gasteiger charge is 2.33. The predicted molar refractivity (Wildman–Crippen MR) is 136 cm³/mol. The van der Waals surface area contributed by atoms with E-state index in [9.17, 15) is 23.1 Å². The molecule has 36 heavy (non-hydrogen) atoms. The number of nitrogens with zero attached hydrogens (tertiary/aromatic N) is 2. The second-order valence-electron chi connectivity index (χ2n) is 8.13. The third kappa shape index (κ3) is 6.52. The molecule has 0 aliphatic heterocycles. The maximum atomic E-state index is 12.5. The molecule has 0 saturated heterocycles. The van der Waals surface area contributed by atoms with Crippen molar-refractivity contribution in [2.75, 3.05) is 12.8 Å². The van der Waals surface area contributed by atoms with Gasteiger partial charge < -0.3 is 20.7 Å². The van der Waals surface area contributed by atoms with Crippen LogP contribution < -0.4 is 11.1 Å². The van der Waals surface area contributed by atoms with Crippen molar-refractivity contribution in [1.29, 1.82) is 0 Å². The molecule has 2 aromatic carbocycles. The number of nitrogens with two attached hydrogens (primary N) is 1. The van der Waals surface area contributed by atoms with Gasteiger partial charge in [-0.05, 0) is 44.7 Å². The number of aromatic carboxylic acids is 1. The molecule has 0 atom stereocenters. The summed E-state index contributed by atoms with van der Waals surface area (Å²) in [5.41, 5.74) is 9.06. The first kappa shape index (κ1) is 27.0. The quantitative estimate of drug-likeness (QED) is 0.274. The fraction of sp³-hybridized carbons (Fsp3) is 0.231. The summed E-state index contributed by atoms with van der Waals surface area (Å²) in [6, 6.07) is 15.6. The topological polar surface area (TPSA) is 93.2 Å². The van der Waals surface area contributed by atoms with Crippen molar-refractivity contribution in [2.45, 2.75) is 33.1 Å². The van der Waals surface area contributed by atoms with Crippen molar-refractivity contribution in [3.8, 4) is 10.6 Å². The van der Waals surface area contributed by atoms with Gasteiger partial charge in [0.25, 0.3) is 0 Å². The summed E-state index contributed by atoms with van der Waals surface area (Å²) in [6.45, 7) is 4.52. The number of carbonyl (C=O) groups is 1. The fourth-order valence-corrected chi connectivity index (χ4v) is 4.54. The molecule has 0 saturated carbocycles. The number of carboxylic acids is 1. The molecule has 0 radical (unpaired) electrons. The molecule has 6 nitrogen and oxygen atoms in total. The summed E-state index contributed by atoms with van der Waals surface area (Å²) in [5, 5.41) is 14.9. The number of alkyl halides is 3. The van der Waals surface area contributed by atoms with Crippen LogP contribution in [0.3, 0.4) is 0 Å². The van der Waals surface area contributed by atoms with E-state index in [4.69, 9.17) is 5.73 Å². The number of carboxylic acid groups (broad SMARTS) is 1. The zero-order valence-corrected chi connectivity index (χ0v) is 20.9. The van der Waals surface area contributed by atoms with Crippen molar-refractivity contribution in [3.05, 3.63) is 93.7 Å². The van der Waals surface area contributed by atoms with Crippen molar-refractivity contribution in [2.24, 2.45) is 0 Å². The van der Waals surface area contributed by atoms with Crippen molar-refractivity contribution < 1.29 is 23.1 Å². The van der Waals surface area contributed by atoms with Gasteiger partial charge in [-0.2, -0.15) is 13.2 Å². The monoisotopic (exact) mass is 516 g/mol. The molecule has 10 heteroatoms. The van der Waals surface area contributed by atoms with Gasteiger partial charge in [0.05, 0.1) is 23.4 Å². The molecule has 0 unspecified atom stereocenters. The first-order valence-corrected chi connectivity index (χ1v) is 11.9. The Kier molecular flexibility index (Phi) is 8.54. The second kappa shape index (κ2) is 11.4. The third-order valence-corrected chi connectivity index (χ3v) is 6.44. The van der Waals surface area contributed by atoms with Crippen LogP contribution in [0.5, 0.6) is 0 Å². The predicted octanol–water partition coefficient (Wildman–Crippen LogP) is 5.98. The van der Waals surface area contributed by atoms with Crippen LogP contribution in [0.25, 0.3) is 10.6 Å². The number of halogens is 3. The molecule has 0 bridgehead atoms. The van der Waals surface area contributed by atoms with Crippen molar-refractivity contribution in [3.63, 3.8) is 0 Å². The Balaban J connectivity index is 0.000000223. The lowest BCUT2D eigenvalue weighted by molar-refractivity contribution is -0.138. The second-order valence-corrected chi connectivity index (χ2v) is 8.99. The van der Waals surface area contributed by atoms with E-state index >= 15 is 0 Å². The van der Waals surface area contributed by atoms with Gasteiger partial charge in [0, 0.05) is 34.6 Å². The summed E-state index contributed by atoms with van der Waals surface area (Å²) >= 11 is 1.61. The van der Waals surface area contributed by atoms with Crippen LogP contribution in [0.4, 0.5) is 18.9 Å². The molecule has 4 N–H and O–H groups in total. The van der Waals surface area contributed by atoms with E-state index in [0.29, 0.717) is 12.1 Å². The number of aromatic nitrogens is 2. The standard InChI is InChI=1S/C17H16N2O2S.C9H11F3N2/c1-11-8-15(17(20)21)12(2)19(11)9-14-10-22-16(18-14)13-6-4-3-5-7-13;1-14-5-6-2-3-7(13)4-8(6)9(10,11)12/h3-8,10H,9H2,1-2H3,(H,20,21);2-4,14H,5,13H2,1H3. The Morgan fingerprint density at radius 1 is 1.14 bits per heavy atom. The van der Waals surface area contributed by atoms with E-state index in [0.717, 1.165) is 33.7 Å².